The summed E-state index contributed by atoms with van der Waals surface area (Å²) in [5.74, 6) is 0. The van der Waals surface area contributed by atoms with E-state index >= 15 is 0 Å². The summed E-state index contributed by atoms with van der Waals surface area (Å²) >= 11 is 0. The normalized spacial score (nSPS) is 18.7. The fourth-order valence-corrected chi connectivity index (χ4v) is 1.03. The zero-order chi connectivity index (χ0) is 10.5. The van der Waals surface area contributed by atoms with Gasteiger partial charge in [-0.05, 0) is 27.4 Å². The molecule has 0 spiro atoms. The highest BCUT2D eigenvalue weighted by atomic mass is 28.1. The SMILES string of the molecule is CCC(COC(C)([Si])OC)N(C)C. The molecule has 0 aromatic carbocycles. The van der Waals surface area contributed by atoms with Crippen molar-refractivity contribution < 1.29 is 9.47 Å². The molecule has 0 saturated carbocycles. The van der Waals surface area contributed by atoms with Gasteiger partial charge < -0.3 is 14.4 Å². The number of hydrogen-bond donors (Lipinski definition) is 0. The van der Waals surface area contributed by atoms with Crippen LogP contribution < -0.4 is 0 Å². The Morgan fingerprint density at radius 1 is 1.46 bits per heavy atom. The average molecular weight is 202 g/mol. The van der Waals surface area contributed by atoms with E-state index in [0.717, 1.165) is 6.42 Å². The smallest absolute Gasteiger partial charge is 0.141 e. The van der Waals surface area contributed by atoms with E-state index in [1.54, 1.807) is 7.11 Å². The van der Waals surface area contributed by atoms with Crippen molar-refractivity contribution in [3.05, 3.63) is 0 Å². The van der Waals surface area contributed by atoms with E-state index in [9.17, 15) is 0 Å². The number of nitrogens with zero attached hydrogens (tertiary/aromatic N) is 1. The second-order valence-electron chi connectivity index (χ2n) is 3.49. The van der Waals surface area contributed by atoms with Gasteiger partial charge in [0, 0.05) is 13.2 Å². The number of ether oxygens (including phenoxy) is 2. The molecule has 13 heavy (non-hydrogen) atoms. The van der Waals surface area contributed by atoms with Gasteiger partial charge in [0.2, 0.25) is 0 Å². The van der Waals surface area contributed by atoms with Crippen molar-refractivity contribution in [1.29, 1.82) is 0 Å². The van der Waals surface area contributed by atoms with Crippen LogP contribution in [0.5, 0.6) is 0 Å². The van der Waals surface area contributed by atoms with Crippen molar-refractivity contribution in [2.45, 2.75) is 31.7 Å². The van der Waals surface area contributed by atoms with Gasteiger partial charge in [-0.1, -0.05) is 6.92 Å². The van der Waals surface area contributed by atoms with Crippen LogP contribution in [0.2, 0.25) is 0 Å². The first-order valence-corrected chi connectivity index (χ1v) is 5.03. The molecule has 0 bridgehead atoms. The van der Waals surface area contributed by atoms with Gasteiger partial charge in [0.1, 0.15) is 15.7 Å². The third-order valence-corrected chi connectivity index (χ3v) is 2.49. The van der Waals surface area contributed by atoms with Crippen LogP contribution in [-0.2, 0) is 9.47 Å². The molecule has 0 amide bonds. The topological polar surface area (TPSA) is 21.7 Å². The van der Waals surface area contributed by atoms with E-state index in [0.29, 0.717) is 12.6 Å². The quantitative estimate of drug-likeness (QED) is 0.470. The summed E-state index contributed by atoms with van der Waals surface area (Å²) in [5.41, 5.74) is -0.663. The van der Waals surface area contributed by atoms with Gasteiger partial charge >= 0.3 is 0 Å². The van der Waals surface area contributed by atoms with E-state index in [1.165, 1.54) is 0 Å². The molecular formula is C9H20NO2Si. The molecule has 4 heteroatoms. The summed E-state index contributed by atoms with van der Waals surface area (Å²) in [6, 6.07) is 0.436. The van der Waals surface area contributed by atoms with Gasteiger partial charge in [0.05, 0.1) is 6.61 Å². The monoisotopic (exact) mass is 202 g/mol. The van der Waals surface area contributed by atoms with Crippen LogP contribution in [0.1, 0.15) is 20.3 Å². The Labute approximate surface area is 84.8 Å². The lowest BCUT2D eigenvalue weighted by atomic mass is 10.2. The molecule has 0 aliphatic carbocycles. The van der Waals surface area contributed by atoms with Gasteiger partial charge in [-0.25, -0.2) is 0 Å². The second-order valence-corrected chi connectivity index (χ2v) is 4.39. The lowest BCUT2D eigenvalue weighted by Gasteiger charge is -2.29. The number of methoxy groups -OCH3 is 1. The summed E-state index contributed by atoms with van der Waals surface area (Å²) in [7, 11) is 9.09. The van der Waals surface area contributed by atoms with Crippen molar-refractivity contribution in [2.75, 3.05) is 27.8 Å². The zero-order valence-electron chi connectivity index (χ0n) is 9.26. The van der Waals surface area contributed by atoms with Crippen LogP contribution in [0.4, 0.5) is 0 Å². The summed E-state index contributed by atoms with van der Waals surface area (Å²) in [4.78, 5) is 2.15. The van der Waals surface area contributed by atoms with Crippen LogP contribution in [0, 0.1) is 0 Å². The lowest BCUT2D eigenvalue weighted by molar-refractivity contribution is -0.157. The first kappa shape index (κ1) is 13.1. The fourth-order valence-electron chi connectivity index (χ4n) is 0.946. The largest absolute Gasteiger partial charge is 0.358 e. The second kappa shape index (κ2) is 5.75. The van der Waals surface area contributed by atoms with Gasteiger partial charge in [-0.2, -0.15) is 0 Å². The number of hydrogen-bond acceptors (Lipinski definition) is 3. The van der Waals surface area contributed by atoms with Gasteiger partial charge in [0.15, 0.2) is 0 Å². The Morgan fingerprint density at radius 2 is 2.00 bits per heavy atom. The molecule has 0 fully saturated rings. The standard InChI is InChI=1S/C9H20NO2Si/c1-6-8(10(3)4)7-12-9(2,13)11-5/h8H,6-7H2,1-5H3. The van der Waals surface area contributed by atoms with Gasteiger partial charge in [0.25, 0.3) is 0 Å². The van der Waals surface area contributed by atoms with Crippen LogP contribution in [0.3, 0.4) is 0 Å². The number of rotatable bonds is 6. The van der Waals surface area contributed by atoms with Gasteiger partial charge in [-0.15, -0.1) is 0 Å². The molecule has 3 nitrogen and oxygen atoms in total. The third kappa shape index (κ3) is 5.41. The first-order chi connectivity index (χ1) is 5.93. The predicted molar refractivity (Wildman–Crippen MR) is 54.9 cm³/mol. The Morgan fingerprint density at radius 3 is 2.31 bits per heavy atom. The van der Waals surface area contributed by atoms with Crippen molar-refractivity contribution in [3.8, 4) is 0 Å². The van der Waals surface area contributed by atoms with Crippen molar-refractivity contribution in [2.24, 2.45) is 0 Å². The highest BCUT2D eigenvalue weighted by molar-refractivity contribution is 6.13. The summed E-state index contributed by atoms with van der Waals surface area (Å²) < 4.78 is 10.6. The molecule has 2 atom stereocenters. The molecule has 3 radical (unpaired) electrons. The average Bonchev–Trinajstić information content (AvgIpc) is 2.05. The number of likely N-dealkylation sites (N-methyl/N-ethyl adjacent to an activating group) is 1. The zero-order valence-corrected chi connectivity index (χ0v) is 10.3. The Balaban J connectivity index is 3.85. The maximum absolute atomic E-state index is 5.54. The molecular weight excluding hydrogens is 182 g/mol. The minimum Gasteiger partial charge on any atom is -0.358 e. The molecule has 77 valence electrons. The highest BCUT2D eigenvalue weighted by Crippen LogP contribution is 2.08. The van der Waals surface area contributed by atoms with Crippen LogP contribution in [0.15, 0.2) is 0 Å². The van der Waals surface area contributed by atoms with Crippen LogP contribution in [0.25, 0.3) is 0 Å². The maximum atomic E-state index is 5.54. The third-order valence-electron chi connectivity index (χ3n) is 2.14. The highest BCUT2D eigenvalue weighted by Gasteiger charge is 2.19. The van der Waals surface area contributed by atoms with E-state index in [1.807, 2.05) is 6.92 Å². The first-order valence-electron chi connectivity index (χ1n) is 4.53. The van der Waals surface area contributed by atoms with Crippen molar-refractivity contribution in [3.63, 3.8) is 0 Å². The molecule has 2 unspecified atom stereocenters. The molecule has 0 aromatic heterocycles. The minimum atomic E-state index is -0.663. The Hall–Kier alpha value is 0.0969. The maximum Gasteiger partial charge on any atom is 0.141 e. The molecule has 0 N–H and O–H groups in total. The molecule has 0 heterocycles. The molecule has 0 rings (SSSR count). The Bertz CT molecular complexity index is 140. The Kier molecular flexibility index (Phi) is 5.79. The van der Waals surface area contributed by atoms with E-state index in [-0.39, 0.29) is 0 Å². The van der Waals surface area contributed by atoms with E-state index in [4.69, 9.17) is 9.47 Å². The summed E-state index contributed by atoms with van der Waals surface area (Å²) in [5, 5.41) is 0. The molecule has 0 saturated heterocycles. The van der Waals surface area contributed by atoms with E-state index < -0.39 is 5.41 Å². The summed E-state index contributed by atoms with van der Waals surface area (Å²) in [6.07, 6.45) is 1.07. The predicted octanol–water partition coefficient (Wildman–Crippen LogP) is 0.832. The molecule has 0 aromatic rings. The van der Waals surface area contributed by atoms with E-state index in [2.05, 4.69) is 36.2 Å². The van der Waals surface area contributed by atoms with Gasteiger partial charge in [-0.3, -0.25) is 0 Å². The van der Waals surface area contributed by atoms with Crippen molar-refractivity contribution >= 4 is 10.2 Å². The molecule has 0 aliphatic rings. The summed E-state index contributed by atoms with van der Waals surface area (Å²) in [6.45, 7) is 4.65. The van der Waals surface area contributed by atoms with Crippen LogP contribution in [-0.4, -0.2) is 54.4 Å². The minimum absolute atomic E-state index is 0.436. The fraction of sp³-hybridized carbons (Fsp3) is 1.00. The van der Waals surface area contributed by atoms with Crippen molar-refractivity contribution in [1.82, 2.24) is 4.90 Å². The lowest BCUT2D eigenvalue weighted by Crippen LogP contribution is -2.39. The van der Waals surface area contributed by atoms with Crippen LogP contribution >= 0.6 is 0 Å². The molecule has 0 aliphatic heterocycles.